The summed E-state index contributed by atoms with van der Waals surface area (Å²) in [6, 6.07) is 15.3. The number of benzene rings is 2. The number of carbonyl (C=O) groups is 4. The molecule has 14 nitrogen and oxygen atoms in total. The number of amides is 4. The van der Waals surface area contributed by atoms with Crippen LogP contribution in [0.2, 0.25) is 0 Å². The topological polar surface area (TPSA) is 175 Å². The number of aromatic amines is 2. The lowest BCUT2D eigenvalue weighted by Gasteiger charge is -2.38. The summed E-state index contributed by atoms with van der Waals surface area (Å²) >= 11 is 0. The van der Waals surface area contributed by atoms with Crippen molar-refractivity contribution in [2.45, 2.75) is 118 Å². The average molecular weight is 851 g/mol. The van der Waals surface area contributed by atoms with Crippen molar-refractivity contribution in [1.29, 1.82) is 0 Å². The van der Waals surface area contributed by atoms with Gasteiger partial charge in [-0.15, -0.1) is 0 Å². The fraction of sp³-hybridized carbons (Fsp3) is 0.542. The summed E-state index contributed by atoms with van der Waals surface area (Å²) in [6.07, 6.45) is 5.72. The number of carbonyl (C=O) groups excluding carboxylic acids is 4. The van der Waals surface area contributed by atoms with E-state index in [1.165, 1.54) is 9.80 Å². The van der Waals surface area contributed by atoms with E-state index in [-0.39, 0.29) is 11.8 Å². The van der Waals surface area contributed by atoms with Crippen LogP contribution in [-0.2, 0) is 19.1 Å². The summed E-state index contributed by atoms with van der Waals surface area (Å²) in [5.74, 6) is 0.520. The van der Waals surface area contributed by atoms with E-state index in [4.69, 9.17) is 19.4 Å². The number of hydrogen-bond donors (Lipinski definition) is 4. The van der Waals surface area contributed by atoms with Crippen LogP contribution in [0.5, 0.6) is 0 Å². The quantitative estimate of drug-likeness (QED) is 0.103. The highest BCUT2D eigenvalue weighted by Crippen LogP contribution is 2.57. The normalized spacial score (nSPS) is 18.2. The van der Waals surface area contributed by atoms with Gasteiger partial charge in [0.2, 0.25) is 0 Å². The highest BCUT2D eigenvalue weighted by atomic mass is 16.6. The number of rotatable bonds is 13. The number of ether oxygens (including phenoxy) is 2. The minimum Gasteiger partial charge on any atom is -0.432 e. The molecule has 0 bridgehead atoms. The number of nitrogens with zero attached hydrogens (tertiary/aromatic N) is 4. The summed E-state index contributed by atoms with van der Waals surface area (Å²) < 4.78 is 11.7. The Bertz CT molecular complexity index is 2130. The Kier molecular flexibility index (Phi) is 12.0. The van der Waals surface area contributed by atoms with Crippen molar-refractivity contribution in [1.82, 2.24) is 40.4 Å². The van der Waals surface area contributed by atoms with Crippen LogP contribution in [0.15, 0.2) is 60.9 Å². The van der Waals surface area contributed by atoms with Gasteiger partial charge >= 0.3 is 12.2 Å². The molecule has 2 aliphatic rings. The fourth-order valence-corrected chi connectivity index (χ4v) is 7.61. The van der Waals surface area contributed by atoms with Gasteiger partial charge < -0.3 is 39.9 Å². The molecule has 2 heterocycles. The Morgan fingerprint density at radius 2 is 0.855 bits per heavy atom. The van der Waals surface area contributed by atoms with Gasteiger partial charge in [-0.1, -0.05) is 104 Å². The first-order valence-electron chi connectivity index (χ1n) is 21.5. The van der Waals surface area contributed by atoms with Crippen LogP contribution in [0.4, 0.5) is 9.59 Å². The van der Waals surface area contributed by atoms with Gasteiger partial charge in [-0.3, -0.25) is 9.59 Å². The van der Waals surface area contributed by atoms with Gasteiger partial charge in [0.15, 0.2) is 11.2 Å². The lowest BCUT2D eigenvalue weighted by molar-refractivity contribution is -0.148. The summed E-state index contributed by atoms with van der Waals surface area (Å²) in [5, 5.41) is 6.38. The third-order valence-electron chi connectivity index (χ3n) is 13.2. The maximum Gasteiger partial charge on any atom is 0.410 e. The van der Waals surface area contributed by atoms with Crippen LogP contribution in [0.25, 0.3) is 33.6 Å². The molecule has 62 heavy (non-hydrogen) atoms. The number of imidazole rings is 2. The van der Waals surface area contributed by atoms with Gasteiger partial charge in [0.25, 0.3) is 11.8 Å². The van der Waals surface area contributed by atoms with Crippen LogP contribution in [0, 0.1) is 21.7 Å². The van der Waals surface area contributed by atoms with Crippen molar-refractivity contribution in [3.05, 3.63) is 72.6 Å². The minimum absolute atomic E-state index is 0.348. The maximum atomic E-state index is 14.0. The van der Waals surface area contributed by atoms with Crippen molar-refractivity contribution in [2.75, 3.05) is 28.2 Å². The molecule has 4 N–H and O–H groups in total. The van der Waals surface area contributed by atoms with Crippen molar-refractivity contribution in [3.63, 3.8) is 0 Å². The molecular formula is C48H66N8O6. The highest BCUT2D eigenvalue weighted by Gasteiger charge is 2.62. The molecular weight excluding hydrogens is 785 g/mol. The van der Waals surface area contributed by atoms with E-state index < -0.39 is 57.1 Å². The Labute approximate surface area is 366 Å². The first-order chi connectivity index (χ1) is 28.7. The molecule has 4 aromatic rings. The Balaban J connectivity index is 1.15. The molecule has 2 aliphatic carbocycles. The zero-order valence-electron chi connectivity index (χ0n) is 39.0. The predicted molar refractivity (Wildman–Crippen MR) is 240 cm³/mol. The van der Waals surface area contributed by atoms with Crippen LogP contribution in [-0.4, -0.2) is 93.1 Å². The zero-order chi connectivity index (χ0) is 45.8. The fourth-order valence-electron chi connectivity index (χ4n) is 7.61. The minimum atomic E-state index is -1.35. The summed E-state index contributed by atoms with van der Waals surface area (Å²) in [4.78, 5) is 72.6. The van der Waals surface area contributed by atoms with E-state index in [0.29, 0.717) is 11.6 Å². The Morgan fingerprint density at radius 3 is 1.11 bits per heavy atom. The van der Waals surface area contributed by atoms with Crippen LogP contribution in [0.3, 0.4) is 0 Å². The Morgan fingerprint density at radius 1 is 0.565 bits per heavy atom. The first kappa shape index (κ1) is 45.9. The van der Waals surface area contributed by atoms with Crippen LogP contribution >= 0.6 is 0 Å². The van der Waals surface area contributed by atoms with Crippen LogP contribution < -0.4 is 10.6 Å². The largest absolute Gasteiger partial charge is 0.432 e. The molecule has 2 fully saturated rings. The molecule has 0 spiro atoms. The zero-order valence-corrected chi connectivity index (χ0v) is 39.0. The monoisotopic (exact) mass is 851 g/mol. The number of H-pyrrole nitrogens is 2. The second kappa shape index (κ2) is 16.2. The predicted octanol–water partition coefficient (Wildman–Crippen LogP) is 9.05. The number of nitrogens with one attached hydrogen (secondary N) is 4. The van der Waals surface area contributed by atoms with Crippen LogP contribution in [0.1, 0.15) is 119 Å². The molecule has 4 amide bonds. The highest BCUT2D eigenvalue weighted by molar-refractivity contribution is 5.90. The second-order valence-electron chi connectivity index (χ2n) is 20.8. The van der Waals surface area contributed by atoms with Gasteiger partial charge in [-0.2, -0.15) is 0 Å². The first-order valence-corrected chi connectivity index (χ1v) is 21.5. The van der Waals surface area contributed by atoms with Gasteiger partial charge in [0.1, 0.15) is 11.6 Å². The number of aromatic nitrogens is 4. The van der Waals surface area contributed by atoms with Crippen molar-refractivity contribution in [2.24, 2.45) is 21.7 Å². The van der Waals surface area contributed by atoms with Crippen molar-refractivity contribution in [3.8, 4) is 33.6 Å². The van der Waals surface area contributed by atoms with Gasteiger partial charge in [-0.05, 0) is 61.5 Å². The van der Waals surface area contributed by atoms with Gasteiger partial charge in [0.05, 0.1) is 23.5 Å². The molecule has 0 aliphatic heterocycles. The van der Waals surface area contributed by atoms with E-state index in [9.17, 15) is 19.2 Å². The molecule has 6 rings (SSSR count). The van der Waals surface area contributed by atoms with E-state index in [1.54, 1.807) is 42.0 Å². The van der Waals surface area contributed by atoms with E-state index in [0.717, 1.165) is 59.3 Å². The average Bonchev–Trinajstić information content (AvgIpc) is 4.00. The lowest BCUT2D eigenvalue weighted by atomic mass is 9.83. The van der Waals surface area contributed by atoms with E-state index in [1.807, 2.05) is 92.0 Å². The Hall–Kier alpha value is -5.66. The summed E-state index contributed by atoms with van der Waals surface area (Å²) in [7, 11) is 6.42. The standard InChI is InChI=1S/C48H66N8O6/c1-43(2,3)35(53-39(57)47(9,45(7)23-24-45)61-41(59)55(11)12)37-49-27-33(51-37)31-19-15-29(16-20-31)30-17-21-32(22-18-30)34-28-50-38(52-34)36(44(4,5)6)54-40(58)48(10,46(8)25-26-46)62-42(60)56(13)14/h15-22,27-28,35-36H,23-26H2,1-14H3,(H,49,51)(H,50,52)(H,53,57)(H,54,58)/t35-,36-,47?,48?/m1/s1. The number of hydrogen-bond acceptors (Lipinski definition) is 8. The maximum absolute atomic E-state index is 14.0. The van der Waals surface area contributed by atoms with Crippen molar-refractivity contribution < 1.29 is 28.7 Å². The molecule has 4 atom stereocenters. The molecule has 2 aromatic heterocycles. The molecule has 0 saturated heterocycles. The van der Waals surface area contributed by atoms with Gasteiger partial charge in [-0.25, -0.2) is 19.6 Å². The lowest BCUT2D eigenvalue weighted by Crippen LogP contribution is -2.56. The molecule has 2 aromatic carbocycles. The molecule has 2 saturated carbocycles. The molecule has 14 heteroatoms. The smallest absolute Gasteiger partial charge is 0.410 e. The molecule has 2 unspecified atom stereocenters. The van der Waals surface area contributed by atoms with E-state index >= 15 is 0 Å². The van der Waals surface area contributed by atoms with Gasteiger partial charge in [0, 0.05) is 62.5 Å². The third-order valence-corrected chi connectivity index (χ3v) is 13.2. The summed E-state index contributed by atoms with van der Waals surface area (Å²) in [6.45, 7) is 19.6. The van der Waals surface area contributed by atoms with E-state index in [2.05, 4.69) is 44.9 Å². The molecule has 334 valence electrons. The SMILES string of the molecule is CN(C)C(=O)OC(C)(C(=O)N[C@H](c1nc(-c2ccc(-c3ccc(-c4c[nH]c([C@@H](NC(=O)C(C)(OC(=O)N(C)C)C5(C)CC5)C(C)(C)C)n4)cc3)cc2)c[nH]1)C(C)(C)C)C1(C)CC1. The third kappa shape index (κ3) is 9.10. The summed E-state index contributed by atoms with van der Waals surface area (Å²) in [5.41, 5.74) is 0.909. The second-order valence-corrected chi connectivity index (χ2v) is 20.8. The molecule has 0 radical (unpaired) electrons. The van der Waals surface area contributed by atoms with Crippen molar-refractivity contribution >= 4 is 24.0 Å².